The number of carbonyl (C=O) groups excluding carboxylic acids is 1. The number of rotatable bonds is 3. The molecule has 0 radical (unpaired) electrons. The van der Waals surface area contributed by atoms with E-state index < -0.39 is 0 Å². The van der Waals surface area contributed by atoms with Gasteiger partial charge in [0, 0.05) is 28.4 Å². The number of carbonyl (C=O) groups is 1. The number of pyridine rings is 1. The number of nitrogens with one attached hydrogen (secondary N) is 2. The molecule has 0 saturated carbocycles. The van der Waals surface area contributed by atoms with Crippen molar-refractivity contribution in [3.05, 3.63) is 34.6 Å². The smallest absolute Gasteiger partial charge is 0.259 e. The number of aryl methyl sites for hydroxylation is 1. The number of nitrogens with zero attached hydrogens (tertiary/aromatic N) is 3. The van der Waals surface area contributed by atoms with Gasteiger partial charge >= 0.3 is 0 Å². The van der Waals surface area contributed by atoms with E-state index in [1.807, 2.05) is 6.92 Å². The Kier molecular flexibility index (Phi) is 3.42. The van der Waals surface area contributed by atoms with Crippen molar-refractivity contribution in [2.24, 2.45) is 0 Å². The van der Waals surface area contributed by atoms with Crippen LogP contribution >= 0.6 is 11.3 Å². The van der Waals surface area contributed by atoms with Gasteiger partial charge in [0.05, 0.1) is 5.56 Å². The van der Waals surface area contributed by atoms with E-state index in [9.17, 15) is 4.79 Å². The van der Waals surface area contributed by atoms with E-state index in [2.05, 4.69) is 39.3 Å². The molecule has 0 fully saturated rings. The lowest BCUT2D eigenvalue weighted by molar-refractivity contribution is 0.102. The topological polar surface area (TPSA) is 83.6 Å². The molecule has 0 atom stereocenters. The Morgan fingerprint density at radius 1 is 1.33 bits per heavy atom. The van der Waals surface area contributed by atoms with Crippen LogP contribution in [0.25, 0.3) is 11.0 Å². The van der Waals surface area contributed by atoms with Gasteiger partial charge in [0.15, 0.2) is 10.8 Å². The zero-order valence-corrected chi connectivity index (χ0v) is 12.8. The van der Waals surface area contributed by atoms with E-state index in [0.717, 1.165) is 16.0 Å². The minimum Gasteiger partial charge on any atom is -0.298 e. The number of aromatic amines is 1. The predicted molar refractivity (Wildman–Crippen MR) is 82.8 cm³/mol. The number of hydrogen-bond donors (Lipinski definition) is 2. The SMILES string of the molecule is Cc1[nH]nc2ncc(C(=O)Nc3ncc(C(C)C)s3)cc12. The number of hydrogen-bond acceptors (Lipinski definition) is 5. The van der Waals surface area contributed by atoms with Gasteiger partial charge in [-0.05, 0) is 18.9 Å². The molecule has 108 valence electrons. The van der Waals surface area contributed by atoms with Crippen molar-refractivity contribution >= 4 is 33.4 Å². The summed E-state index contributed by atoms with van der Waals surface area (Å²) in [5, 5.41) is 11.2. The van der Waals surface area contributed by atoms with Crippen LogP contribution < -0.4 is 5.32 Å². The second kappa shape index (κ2) is 5.25. The number of fused-ring (bicyclic) bond motifs is 1. The highest BCUT2D eigenvalue weighted by molar-refractivity contribution is 7.15. The molecule has 0 aliphatic rings. The highest BCUT2D eigenvalue weighted by Crippen LogP contribution is 2.25. The molecule has 3 heterocycles. The highest BCUT2D eigenvalue weighted by Gasteiger charge is 2.13. The van der Waals surface area contributed by atoms with Gasteiger partial charge in [-0.3, -0.25) is 15.2 Å². The molecular weight excluding hydrogens is 286 g/mol. The summed E-state index contributed by atoms with van der Waals surface area (Å²) < 4.78 is 0. The van der Waals surface area contributed by atoms with Crippen molar-refractivity contribution in [3.63, 3.8) is 0 Å². The van der Waals surface area contributed by atoms with Crippen molar-refractivity contribution in [1.29, 1.82) is 0 Å². The summed E-state index contributed by atoms with van der Waals surface area (Å²) in [6, 6.07) is 1.79. The Morgan fingerprint density at radius 2 is 2.14 bits per heavy atom. The lowest BCUT2D eigenvalue weighted by Crippen LogP contribution is -2.11. The van der Waals surface area contributed by atoms with Crippen LogP contribution in [0.2, 0.25) is 0 Å². The van der Waals surface area contributed by atoms with Gasteiger partial charge in [0.25, 0.3) is 5.91 Å². The van der Waals surface area contributed by atoms with E-state index in [0.29, 0.717) is 22.3 Å². The third kappa shape index (κ3) is 2.64. The third-order valence-electron chi connectivity index (χ3n) is 3.18. The predicted octanol–water partition coefficient (Wildman–Crippen LogP) is 3.10. The van der Waals surface area contributed by atoms with E-state index >= 15 is 0 Å². The number of thiazole rings is 1. The van der Waals surface area contributed by atoms with Gasteiger partial charge in [-0.25, -0.2) is 9.97 Å². The van der Waals surface area contributed by atoms with Crippen molar-refractivity contribution in [2.45, 2.75) is 26.7 Å². The monoisotopic (exact) mass is 301 g/mol. The summed E-state index contributed by atoms with van der Waals surface area (Å²) in [5.74, 6) is 0.189. The summed E-state index contributed by atoms with van der Waals surface area (Å²) in [5.41, 5.74) is 2.00. The zero-order chi connectivity index (χ0) is 15.0. The number of amides is 1. The Balaban J connectivity index is 1.84. The Bertz CT molecular complexity index is 805. The molecule has 1 amide bonds. The molecule has 0 saturated heterocycles. The molecule has 0 spiro atoms. The average Bonchev–Trinajstić information content (AvgIpc) is 3.06. The summed E-state index contributed by atoms with van der Waals surface area (Å²) in [7, 11) is 0. The normalized spacial score (nSPS) is 11.2. The number of aromatic nitrogens is 4. The Hall–Kier alpha value is -2.28. The van der Waals surface area contributed by atoms with Crippen LogP contribution in [-0.2, 0) is 0 Å². The van der Waals surface area contributed by atoms with E-state index in [1.54, 1.807) is 12.3 Å². The molecule has 0 unspecified atom stereocenters. The highest BCUT2D eigenvalue weighted by atomic mass is 32.1. The fourth-order valence-electron chi connectivity index (χ4n) is 1.92. The minimum absolute atomic E-state index is 0.213. The summed E-state index contributed by atoms with van der Waals surface area (Å²) >= 11 is 1.49. The number of H-pyrrole nitrogens is 1. The first-order chi connectivity index (χ1) is 10.0. The molecule has 3 aromatic rings. The molecule has 7 heteroatoms. The van der Waals surface area contributed by atoms with E-state index in [-0.39, 0.29) is 5.91 Å². The van der Waals surface area contributed by atoms with Crippen LogP contribution in [-0.4, -0.2) is 26.1 Å². The van der Waals surface area contributed by atoms with Crippen LogP contribution in [0.5, 0.6) is 0 Å². The van der Waals surface area contributed by atoms with Crippen LogP contribution in [0, 0.1) is 6.92 Å². The lowest BCUT2D eigenvalue weighted by atomic mass is 10.2. The molecule has 0 aliphatic heterocycles. The fourth-order valence-corrected chi connectivity index (χ4v) is 2.74. The van der Waals surface area contributed by atoms with Crippen LogP contribution in [0.15, 0.2) is 18.5 Å². The van der Waals surface area contributed by atoms with Crippen molar-refractivity contribution in [3.8, 4) is 0 Å². The number of anilines is 1. The van der Waals surface area contributed by atoms with Gasteiger partial charge in [-0.2, -0.15) is 5.10 Å². The van der Waals surface area contributed by atoms with Gasteiger partial charge in [0.2, 0.25) is 0 Å². The first-order valence-electron chi connectivity index (χ1n) is 6.62. The van der Waals surface area contributed by atoms with Gasteiger partial charge in [0.1, 0.15) is 0 Å². The standard InChI is InChI=1S/C14H15N5OS/c1-7(2)11-6-16-14(21-11)17-13(20)9-4-10-8(3)18-19-12(10)15-5-9/h4-7H,1-3H3,(H,15,18,19)(H,16,17,20). The maximum atomic E-state index is 12.3. The Morgan fingerprint density at radius 3 is 2.86 bits per heavy atom. The quantitative estimate of drug-likeness (QED) is 0.778. The lowest BCUT2D eigenvalue weighted by Gasteiger charge is -2.01. The first-order valence-corrected chi connectivity index (χ1v) is 7.44. The van der Waals surface area contributed by atoms with Crippen LogP contribution in [0.3, 0.4) is 0 Å². The van der Waals surface area contributed by atoms with E-state index in [1.165, 1.54) is 17.5 Å². The maximum Gasteiger partial charge on any atom is 0.259 e. The van der Waals surface area contributed by atoms with Gasteiger partial charge < -0.3 is 0 Å². The molecule has 0 aromatic carbocycles. The Labute approximate surface area is 125 Å². The van der Waals surface area contributed by atoms with Crippen LogP contribution in [0.1, 0.15) is 40.7 Å². The minimum atomic E-state index is -0.213. The molecule has 2 N–H and O–H groups in total. The van der Waals surface area contributed by atoms with Crippen LogP contribution in [0.4, 0.5) is 5.13 Å². The summed E-state index contributed by atoms with van der Waals surface area (Å²) in [4.78, 5) is 21.8. The molecule has 21 heavy (non-hydrogen) atoms. The van der Waals surface area contributed by atoms with Gasteiger partial charge in [-0.15, -0.1) is 11.3 Å². The van der Waals surface area contributed by atoms with Gasteiger partial charge in [-0.1, -0.05) is 13.8 Å². The molecule has 0 aliphatic carbocycles. The van der Waals surface area contributed by atoms with Crippen molar-refractivity contribution < 1.29 is 4.79 Å². The molecular formula is C14H15N5OS. The summed E-state index contributed by atoms with van der Waals surface area (Å²) in [6.45, 7) is 6.09. The van der Waals surface area contributed by atoms with E-state index in [4.69, 9.17) is 0 Å². The largest absolute Gasteiger partial charge is 0.298 e. The first kappa shape index (κ1) is 13.7. The summed E-state index contributed by atoms with van der Waals surface area (Å²) in [6.07, 6.45) is 3.32. The maximum absolute atomic E-state index is 12.3. The zero-order valence-electron chi connectivity index (χ0n) is 12.0. The molecule has 3 aromatic heterocycles. The van der Waals surface area contributed by atoms with Crippen molar-refractivity contribution in [2.75, 3.05) is 5.32 Å². The second-order valence-corrected chi connectivity index (χ2v) is 6.18. The fraction of sp³-hybridized carbons (Fsp3) is 0.286. The average molecular weight is 301 g/mol. The molecule has 6 nitrogen and oxygen atoms in total. The third-order valence-corrected chi connectivity index (χ3v) is 4.39. The molecule has 0 bridgehead atoms. The molecule has 3 rings (SSSR count). The second-order valence-electron chi connectivity index (χ2n) is 5.12. The van der Waals surface area contributed by atoms with Crippen molar-refractivity contribution in [1.82, 2.24) is 20.2 Å².